The molecule has 0 fully saturated rings. The Bertz CT molecular complexity index is 1320. The van der Waals surface area contributed by atoms with Crippen LogP contribution < -0.4 is 11.1 Å². The van der Waals surface area contributed by atoms with Gasteiger partial charge < -0.3 is 20.6 Å². The first kappa shape index (κ1) is 23.1. The number of nitrogens with zero attached hydrogens (tertiary/aromatic N) is 1. The normalized spacial score (nSPS) is 12.7. The van der Waals surface area contributed by atoms with Gasteiger partial charge in [-0.05, 0) is 60.2 Å². The summed E-state index contributed by atoms with van der Waals surface area (Å²) in [4.78, 5) is 28.4. The molecular weight excluding hydrogens is 426 g/mol. The van der Waals surface area contributed by atoms with Crippen molar-refractivity contribution in [1.29, 1.82) is 0 Å². The molecule has 0 bridgehead atoms. The summed E-state index contributed by atoms with van der Waals surface area (Å²) in [7, 11) is 0. The topological polar surface area (TPSA) is 94.3 Å². The number of nitrogens with two attached hydrogens (primary N) is 1. The first-order valence-corrected chi connectivity index (χ1v) is 11.1. The maximum absolute atomic E-state index is 12.4. The minimum absolute atomic E-state index is 0.147. The summed E-state index contributed by atoms with van der Waals surface area (Å²) in [6, 6.07) is 20.8. The van der Waals surface area contributed by atoms with Crippen molar-refractivity contribution in [3.05, 3.63) is 107 Å². The number of carbonyl (C=O) groups excluding carboxylic acids is 2. The van der Waals surface area contributed by atoms with E-state index < -0.39 is 12.1 Å². The number of hydrogen-bond donors (Lipinski definition) is 2. The molecule has 34 heavy (non-hydrogen) atoms. The lowest BCUT2D eigenvalue weighted by atomic mass is 9.96. The predicted molar refractivity (Wildman–Crippen MR) is 134 cm³/mol. The van der Waals surface area contributed by atoms with E-state index in [9.17, 15) is 9.59 Å². The molecule has 4 aromatic rings. The maximum Gasteiger partial charge on any atom is 0.338 e. The molecule has 0 spiro atoms. The fraction of sp³-hybridized carbons (Fsp3) is 0.179. The summed E-state index contributed by atoms with van der Waals surface area (Å²) >= 11 is 0. The smallest absolute Gasteiger partial charge is 0.338 e. The van der Waals surface area contributed by atoms with E-state index in [0.29, 0.717) is 5.56 Å². The number of aromatic nitrogens is 1. The van der Waals surface area contributed by atoms with Gasteiger partial charge in [0.2, 0.25) is 0 Å². The van der Waals surface area contributed by atoms with Crippen molar-refractivity contribution in [1.82, 2.24) is 4.98 Å². The van der Waals surface area contributed by atoms with Gasteiger partial charge in [-0.25, -0.2) is 4.79 Å². The van der Waals surface area contributed by atoms with Crippen LogP contribution in [0.25, 0.3) is 10.8 Å². The van der Waals surface area contributed by atoms with Crippen LogP contribution in [0.3, 0.4) is 0 Å². The van der Waals surface area contributed by atoms with Crippen LogP contribution in [0.5, 0.6) is 0 Å². The Hall–Kier alpha value is -4.03. The fourth-order valence-corrected chi connectivity index (χ4v) is 3.93. The summed E-state index contributed by atoms with van der Waals surface area (Å²) in [5, 5.41) is 5.29. The standard InChI is InChI=1S/C28H27N3O3/c1-18-3-10-25(19(2)13-18)28(33)34-17-20-4-6-21(7-5-20)26(16-32)27(29)31-24-9-8-23-15-30-12-11-22(23)14-24/h3-16,26-27,31H,17,29H2,1-2H3. The van der Waals surface area contributed by atoms with E-state index in [1.54, 1.807) is 18.5 Å². The van der Waals surface area contributed by atoms with Crippen LogP contribution in [-0.2, 0) is 16.1 Å². The van der Waals surface area contributed by atoms with Gasteiger partial charge in [-0.15, -0.1) is 0 Å². The lowest BCUT2D eigenvalue weighted by Crippen LogP contribution is -2.37. The SMILES string of the molecule is Cc1ccc(C(=O)OCc2ccc(C(C=O)C(N)Nc3ccc4cnccc4c3)cc2)c(C)c1. The molecule has 3 aromatic carbocycles. The molecule has 4 rings (SSSR count). The Kier molecular flexibility index (Phi) is 6.99. The average Bonchev–Trinajstić information content (AvgIpc) is 2.83. The number of fused-ring (bicyclic) bond motifs is 1. The van der Waals surface area contributed by atoms with Crippen LogP contribution in [-0.4, -0.2) is 23.4 Å². The van der Waals surface area contributed by atoms with Crippen molar-refractivity contribution < 1.29 is 14.3 Å². The van der Waals surface area contributed by atoms with Gasteiger partial charge in [-0.2, -0.15) is 0 Å². The molecule has 0 aliphatic heterocycles. The van der Waals surface area contributed by atoms with Crippen molar-refractivity contribution >= 4 is 28.7 Å². The third-order valence-electron chi connectivity index (χ3n) is 5.84. The summed E-state index contributed by atoms with van der Waals surface area (Å²) in [6.45, 7) is 4.02. The first-order chi connectivity index (χ1) is 16.4. The van der Waals surface area contributed by atoms with E-state index in [1.165, 1.54) is 0 Å². The highest BCUT2D eigenvalue weighted by Gasteiger charge is 2.19. The second-order valence-corrected chi connectivity index (χ2v) is 8.41. The van der Waals surface area contributed by atoms with Crippen LogP contribution in [0.4, 0.5) is 5.69 Å². The van der Waals surface area contributed by atoms with Crippen LogP contribution in [0, 0.1) is 13.8 Å². The van der Waals surface area contributed by atoms with Gasteiger partial charge in [-0.1, -0.05) is 48.0 Å². The Morgan fingerprint density at radius 2 is 1.82 bits per heavy atom. The molecular formula is C28H27N3O3. The molecule has 1 aromatic heterocycles. The van der Waals surface area contributed by atoms with Crippen LogP contribution in [0.2, 0.25) is 0 Å². The highest BCUT2D eigenvalue weighted by molar-refractivity contribution is 5.91. The van der Waals surface area contributed by atoms with Crippen molar-refractivity contribution in [3.63, 3.8) is 0 Å². The molecule has 2 unspecified atom stereocenters. The van der Waals surface area contributed by atoms with E-state index >= 15 is 0 Å². The molecule has 6 nitrogen and oxygen atoms in total. The molecule has 172 valence electrons. The van der Waals surface area contributed by atoms with E-state index in [2.05, 4.69) is 10.3 Å². The molecule has 0 amide bonds. The number of hydrogen-bond acceptors (Lipinski definition) is 6. The molecule has 0 aliphatic rings. The van der Waals surface area contributed by atoms with E-state index in [4.69, 9.17) is 10.5 Å². The van der Waals surface area contributed by atoms with Crippen molar-refractivity contribution in [2.24, 2.45) is 5.73 Å². The number of esters is 1. The Morgan fingerprint density at radius 1 is 1.03 bits per heavy atom. The number of nitrogens with one attached hydrogen (secondary N) is 1. The zero-order valence-electron chi connectivity index (χ0n) is 19.2. The van der Waals surface area contributed by atoms with Gasteiger partial charge in [0.1, 0.15) is 12.9 Å². The number of anilines is 1. The largest absolute Gasteiger partial charge is 0.457 e. The quantitative estimate of drug-likeness (QED) is 0.224. The number of rotatable bonds is 8. The Labute approximate surface area is 198 Å². The van der Waals surface area contributed by atoms with Crippen molar-refractivity contribution in [3.8, 4) is 0 Å². The van der Waals surface area contributed by atoms with Crippen LogP contribution in [0.1, 0.15) is 38.5 Å². The van der Waals surface area contributed by atoms with Gasteiger partial charge in [-0.3, -0.25) is 4.98 Å². The van der Waals surface area contributed by atoms with Gasteiger partial charge in [0, 0.05) is 23.5 Å². The summed E-state index contributed by atoms with van der Waals surface area (Å²) in [6.07, 6.45) is 3.78. The average molecular weight is 454 g/mol. The van der Waals surface area contributed by atoms with Crippen molar-refractivity contribution in [2.75, 3.05) is 5.32 Å². The summed E-state index contributed by atoms with van der Waals surface area (Å²) in [5.74, 6) is -0.898. The number of carbonyl (C=O) groups is 2. The number of pyridine rings is 1. The van der Waals surface area contributed by atoms with Gasteiger partial charge in [0.15, 0.2) is 0 Å². The predicted octanol–water partition coefficient (Wildman–Crippen LogP) is 4.89. The minimum atomic E-state index is -0.607. The zero-order valence-corrected chi connectivity index (χ0v) is 19.2. The molecule has 0 saturated carbocycles. The highest BCUT2D eigenvalue weighted by Crippen LogP contribution is 2.23. The monoisotopic (exact) mass is 453 g/mol. The van der Waals surface area contributed by atoms with Crippen LogP contribution in [0.15, 0.2) is 79.1 Å². The third kappa shape index (κ3) is 5.30. The number of ether oxygens (including phenoxy) is 1. The molecule has 0 aliphatic carbocycles. The second-order valence-electron chi connectivity index (χ2n) is 8.41. The Morgan fingerprint density at radius 3 is 2.56 bits per heavy atom. The molecule has 0 saturated heterocycles. The number of aldehydes is 1. The summed E-state index contributed by atoms with van der Waals surface area (Å²) < 4.78 is 5.47. The van der Waals surface area contributed by atoms with E-state index in [-0.39, 0.29) is 12.6 Å². The fourth-order valence-electron chi connectivity index (χ4n) is 3.93. The minimum Gasteiger partial charge on any atom is -0.457 e. The van der Waals surface area contributed by atoms with Gasteiger partial charge >= 0.3 is 5.97 Å². The second kappa shape index (κ2) is 10.3. The lowest BCUT2D eigenvalue weighted by Gasteiger charge is -2.22. The zero-order chi connectivity index (χ0) is 24.1. The van der Waals surface area contributed by atoms with Crippen LogP contribution >= 0.6 is 0 Å². The number of benzene rings is 3. The van der Waals surface area contributed by atoms with Crippen molar-refractivity contribution in [2.45, 2.75) is 32.5 Å². The van der Waals surface area contributed by atoms with Gasteiger partial charge in [0.05, 0.1) is 17.6 Å². The number of aryl methyl sites for hydroxylation is 2. The lowest BCUT2D eigenvalue weighted by molar-refractivity contribution is -0.109. The van der Waals surface area contributed by atoms with E-state index in [0.717, 1.165) is 45.0 Å². The molecule has 1 heterocycles. The molecule has 2 atom stereocenters. The molecule has 0 radical (unpaired) electrons. The van der Waals surface area contributed by atoms with Gasteiger partial charge in [0.25, 0.3) is 0 Å². The third-order valence-corrected chi connectivity index (χ3v) is 5.84. The Balaban J connectivity index is 1.39. The molecule has 3 N–H and O–H groups in total. The summed E-state index contributed by atoms with van der Waals surface area (Å²) in [5.41, 5.74) is 11.3. The highest BCUT2D eigenvalue weighted by atomic mass is 16.5. The van der Waals surface area contributed by atoms with E-state index in [1.807, 2.05) is 74.5 Å². The first-order valence-electron chi connectivity index (χ1n) is 11.1. The molecule has 6 heteroatoms. The maximum atomic E-state index is 12.4.